The van der Waals surface area contributed by atoms with Gasteiger partial charge in [0.25, 0.3) is 0 Å². The Morgan fingerprint density at radius 3 is 2.75 bits per heavy atom. The maximum atomic E-state index is 4.11. The van der Waals surface area contributed by atoms with Gasteiger partial charge in [-0.1, -0.05) is 6.08 Å². The monoisotopic (exact) mass is 237 g/mol. The molecular formula is C12H16ClN3. The summed E-state index contributed by atoms with van der Waals surface area (Å²) < 4.78 is 0. The van der Waals surface area contributed by atoms with E-state index in [2.05, 4.69) is 21.4 Å². The molecule has 1 aromatic rings. The summed E-state index contributed by atoms with van der Waals surface area (Å²) in [7, 11) is 0. The van der Waals surface area contributed by atoms with Crippen LogP contribution < -0.4 is 17.7 Å². The van der Waals surface area contributed by atoms with Crippen LogP contribution in [0.15, 0.2) is 24.8 Å². The van der Waals surface area contributed by atoms with E-state index < -0.39 is 0 Å². The molecule has 16 heavy (non-hydrogen) atoms. The Balaban J connectivity index is 0.000000963. The van der Waals surface area contributed by atoms with Crippen molar-refractivity contribution in [1.82, 2.24) is 9.97 Å². The van der Waals surface area contributed by atoms with E-state index in [-0.39, 0.29) is 12.4 Å². The Morgan fingerprint density at radius 2 is 1.94 bits per heavy atom. The van der Waals surface area contributed by atoms with E-state index in [1.54, 1.807) is 6.33 Å². The number of rotatable bonds is 1. The van der Waals surface area contributed by atoms with Crippen molar-refractivity contribution >= 4 is 5.57 Å². The minimum atomic E-state index is 0. The molecule has 2 atom stereocenters. The lowest BCUT2D eigenvalue weighted by Crippen LogP contribution is -3.00. The van der Waals surface area contributed by atoms with E-state index >= 15 is 0 Å². The summed E-state index contributed by atoms with van der Waals surface area (Å²) in [6.45, 7) is 0. The number of allylic oxidation sites excluding steroid dienone is 1. The third-order valence-corrected chi connectivity index (χ3v) is 3.55. The van der Waals surface area contributed by atoms with Crippen LogP contribution in [0.1, 0.15) is 31.2 Å². The zero-order chi connectivity index (χ0) is 10.1. The Hall–Kier alpha value is -0.930. The van der Waals surface area contributed by atoms with Crippen LogP contribution in [0.5, 0.6) is 0 Å². The van der Waals surface area contributed by atoms with E-state index in [4.69, 9.17) is 0 Å². The van der Waals surface area contributed by atoms with Crippen molar-refractivity contribution in [2.45, 2.75) is 37.8 Å². The lowest BCUT2D eigenvalue weighted by molar-refractivity contribution is -0.689. The fourth-order valence-electron chi connectivity index (χ4n) is 2.80. The van der Waals surface area contributed by atoms with Gasteiger partial charge in [0.15, 0.2) is 0 Å². The molecule has 0 aliphatic carbocycles. The number of nitrogens with two attached hydrogens (primary N) is 1. The zero-order valence-electron chi connectivity index (χ0n) is 9.14. The van der Waals surface area contributed by atoms with Crippen molar-refractivity contribution in [3.8, 4) is 0 Å². The number of hydrogen-bond acceptors (Lipinski definition) is 2. The van der Waals surface area contributed by atoms with Crippen LogP contribution in [0.4, 0.5) is 0 Å². The number of fused-ring (bicyclic) bond motifs is 2. The van der Waals surface area contributed by atoms with E-state index in [9.17, 15) is 0 Å². The highest BCUT2D eigenvalue weighted by Gasteiger charge is 2.32. The second-order valence-corrected chi connectivity index (χ2v) is 4.50. The SMILES string of the molecule is C1=C(c2cncnc2)[C@H]2CC[C@@H](CC1)[NH2+]2.[Cl-]. The lowest BCUT2D eigenvalue weighted by Gasteiger charge is -2.11. The maximum absolute atomic E-state index is 4.11. The second-order valence-electron chi connectivity index (χ2n) is 4.50. The van der Waals surface area contributed by atoms with Gasteiger partial charge in [-0.05, 0) is 6.42 Å². The minimum absolute atomic E-state index is 0. The molecule has 3 heterocycles. The van der Waals surface area contributed by atoms with E-state index in [1.165, 1.54) is 36.8 Å². The van der Waals surface area contributed by atoms with Gasteiger partial charge >= 0.3 is 0 Å². The van der Waals surface area contributed by atoms with Gasteiger partial charge < -0.3 is 17.7 Å². The van der Waals surface area contributed by atoms with Crippen molar-refractivity contribution in [3.05, 3.63) is 30.4 Å². The number of nitrogens with zero attached hydrogens (tertiary/aromatic N) is 2. The Labute approximate surface area is 102 Å². The third-order valence-electron chi connectivity index (χ3n) is 3.55. The van der Waals surface area contributed by atoms with Crippen LogP contribution in [0, 0.1) is 0 Å². The van der Waals surface area contributed by atoms with Gasteiger partial charge in [0.2, 0.25) is 0 Å². The fraction of sp³-hybridized carbons (Fsp3) is 0.500. The molecule has 0 saturated carbocycles. The molecule has 3 rings (SSSR count). The number of aromatic nitrogens is 2. The first-order valence-corrected chi connectivity index (χ1v) is 5.74. The molecule has 3 nitrogen and oxygen atoms in total. The highest BCUT2D eigenvalue weighted by atomic mass is 35.5. The largest absolute Gasteiger partial charge is 1.00 e. The molecule has 0 radical (unpaired) electrons. The van der Waals surface area contributed by atoms with Crippen LogP contribution >= 0.6 is 0 Å². The summed E-state index contributed by atoms with van der Waals surface area (Å²) in [4.78, 5) is 8.21. The first-order chi connectivity index (χ1) is 7.43. The molecular weight excluding hydrogens is 222 g/mol. The van der Waals surface area contributed by atoms with Crippen molar-refractivity contribution < 1.29 is 17.7 Å². The predicted molar refractivity (Wildman–Crippen MR) is 58.0 cm³/mol. The Bertz CT molecular complexity index is 377. The highest BCUT2D eigenvalue weighted by Crippen LogP contribution is 2.26. The molecule has 2 N–H and O–H groups in total. The molecule has 1 fully saturated rings. The number of halogens is 1. The molecule has 86 valence electrons. The van der Waals surface area contributed by atoms with Crippen molar-refractivity contribution in [1.29, 1.82) is 0 Å². The molecule has 0 unspecified atom stereocenters. The van der Waals surface area contributed by atoms with Crippen molar-refractivity contribution in [2.75, 3.05) is 0 Å². The highest BCUT2D eigenvalue weighted by molar-refractivity contribution is 5.67. The van der Waals surface area contributed by atoms with Crippen molar-refractivity contribution in [2.24, 2.45) is 0 Å². The minimum Gasteiger partial charge on any atom is -1.00 e. The first kappa shape index (κ1) is 11.6. The summed E-state index contributed by atoms with van der Waals surface area (Å²) in [6, 6.07) is 1.51. The molecule has 1 aromatic heterocycles. The van der Waals surface area contributed by atoms with Crippen LogP contribution in [0.2, 0.25) is 0 Å². The molecule has 1 saturated heterocycles. The van der Waals surface area contributed by atoms with Gasteiger partial charge in [-0.25, -0.2) is 9.97 Å². The van der Waals surface area contributed by atoms with Crippen LogP contribution in [0.25, 0.3) is 5.57 Å². The summed E-state index contributed by atoms with van der Waals surface area (Å²) in [5.74, 6) is 0. The molecule has 0 aromatic carbocycles. The standard InChI is InChI=1S/C12H15N3.ClH/c1-2-10-4-5-12(15-10)11(3-1)9-6-13-8-14-7-9;/h3,6-8,10,12,15H,1-2,4-5H2;1H/t10-,12-;/m1./s1. The molecule has 4 heteroatoms. The predicted octanol–water partition coefficient (Wildman–Crippen LogP) is -2.25. The van der Waals surface area contributed by atoms with Gasteiger partial charge in [0.05, 0.1) is 6.04 Å². The topological polar surface area (TPSA) is 42.4 Å². The molecule has 0 spiro atoms. The van der Waals surface area contributed by atoms with Crippen LogP contribution in [0.3, 0.4) is 0 Å². The first-order valence-electron chi connectivity index (χ1n) is 5.74. The lowest BCUT2D eigenvalue weighted by atomic mass is 9.96. The van der Waals surface area contributed by atoms with E-state index in [0.717, 1.165) is 6.04 Å². The summed E-state index contributed by atoms with van der Waals surface area (Å²) in [5, 5.41) is 2.53. The normalized spacial score (nSPS) is 27.9. The summed E-state index contributed by atoms with van der Waals surface area (Å²) in [5.41, 5.74) is 2.66. The average Bonchev–Trinajstić information content (AvgIpc) is 2.61. The zero-order valence-corrected chi connectivity index (χ0v) is 9.90. The molecule has 2 bridgehead atoms. The maximum Gasteiger partial charge on any atom is 0.115 e. The Morgan fingerprint density at radius 1 is 1.12 bits per heavy atom. The quantitative estimate of drug-likeness (QED) is 0.600. The fourth-order valence-corrected chi connectivity index (χ4v) is 2.80. The molecule has 0 amide bonds. The molecule has 2 aliphatic heterocycles. The van der Waals surface area contributed by atoms with Crippen LogP contribution in [-0.2, 0) is 0 Å². The van der Waals surface area contributed by atoms with Gasteiger partial charge in [-0.2, -0.15) is 0 Å². The smallest absolute Gasteiger partial charge is 0.115 e. The Kier molecular flexibility index (Phi) is 3.56. The third kappa shape index (κ3) is 2.11. The number of quaternary nitrogens is 1. The van der Waals surface area contributed by atoms with Crippen LogP contribution in [-0.4, -0.2) is 22.1 Å². The second kappa shape index (κ2) is 4.93. The van der Waals surface area contributed by atoms with Gasteiger partial charge in [0, 0.05) is 42.8 Å². The van der Waals surface area contributed by atoms with Gasteiger partial charge in [0.1, 0.15) is 12.4 Å². The van der Waals surface area contributed by atoms with E-state index in [1.807, 2.05) is 12.4 Å². The van der Waals surface area contributed by atoms with Gasteiger partial charge in [-0.3, -0.25) is 0 Å². The van der Waals surface area contributed by atoms with Crippen molar-refractivity contribution in [3.63, 3.8) is 0 Å². The summed E-state index contributed by atoms with van der Waals surface area (Å²) in [6.07, 6.45) is 13.1. The number of hydrogen-bond donors (Lipinski definition) is 1. The average molecular weight is 238 g/mol. The molecule has 2 aliphatic rings. The van der Waals surface area contributed by atoms with Gasteiger partial charge in [-0.15, -0.1) is 0 Å². The van der Waals surface area contributed by atoms with E-state index in [0.29, 0.717) is 6.04 Å². The summed E-state index contributed by atoms with van der Waals surface area (Å²) >= 11 is 0.